The molecule has 1 aromatic heterocycles. The van der Waals surface area contributed by atoms with E-state index in [0.717, 1.165) is 5.01 Å². The Balaban J connectivity index is 2.61. The van der Waals surface area contributed by atoms with E-state index >= 15 is 0 Å². The maximum atomic E-state index is 11.8. The number of amides is 2. The van der Waals surface area contributed by atoms with Crippen molar-refractivity contribution in [3.63, 3.8) is 0 Å². The molecule has 1 unspecified atom stereocenters. The largest absolute Gasteiger partial charge is 0.480 e. The second kappa shape index (κ2) is 6.48. The Morgan fingerprint density at radius 3 is 2.68 bits per heavy atom. The highest BCUT2D eigenvalue weighted by molar-refractivity contribution is 7.09. The topological polar surface area (TPSA) is 112 Å². The third-order valence-electron chi connectivity index (χ3n) is 2.41. The molecule has 0 spiro atoms. The number of carbonyl (C=O) groups is 2. The van der Waals surface area contributed by atoms with Gasteiger partial charge >= 0.3 is 12.0 Å². The average Bonchev–Trinajstić information content (AvgIpc) is 2.81. The van der Waals surface area contributed by atoms with Gasteiger partial charge in [-0.1, -0.05) is 0 Å². The van der Waals surface area contributed by atoms with Crippen molar-refractivity contribution in [1.82, 2.24) is 15.6 Å². The fourth-order valence-electron chi connectivity index (χ4n) is 1.45. The summed E-state index contributed by atoms with van der Waals surface area (Å²) in [5, 5.41) is 25.1. The van der Waals surface area contributed by atoms with Crippen molar-refractivity contribution >= 4 is 23.3 Å². The lowest BCUT2D eigenvalue weighted by Crippen LogP contribution is -2.51. The predicted molar refractivity (Wildman–Crippen MR) is 69.9 cm³/mol. The number of hydrogen-bond acceptors (Lipinski definition) is 5. The number of aliphatic carboxylic acids is 1. The lowest BCUT2D eigenvalue weighted by Gasteiger charge is -2.25. The van der Waals surface area contributed by atoms with E-state index in [9.17, 15) is 9.59 Å². The molecule has 0 aliphatic heterocycles. The highest BCUT2D eigenvalue weighted by Gasteiger charge is 2.27. The Hall–Kier alpha value is -1.67. The molecule has 0 aliphatic carbocycles. The summed E-state index contributed by atoms with van der Waals surface area (Å²) < 4.78 is 0. The number of aliphatic hydroxyl groups excluding tert-OH is 1. The summed E-state index contributed by atoms with van der Waals surface area (Å²) in [5.74, 6) is -1.18. The number of thiazole rings is 1. The Morgan fingerprint density at radius 1 is 1.53 bits per heavy atom. The summed E-state index contributed by atoms with van der Waals surface area (Å²) in [4.78, 5) is 26.7. The molecule has 1 heterocycles. The van der Waals surface area contributed by atoms with Crippen LogP contribution >= 0.6 is 11.3 Å². The number of carboxylic acids is 1. The number of carboxylic acid groups (broad SMARTS) is 1. The van der Waals surface area contributed by atoms with Gasteiger partial charge < -0.3 is 20.8 Å². The quantitative estimate of drug-likeness (QED) is 0.609. The first-order chi connectivity index (χ1) is 8.86. The first-order valence-electron chi connectivity index (χ1n) is 5.69. The minimum absolute atomic E-state index is 0.0412. The van der Waals surface area contributed by atoms with E-state index in [1.807, 2.05) is 0 Å². The zero-order valence-corrected chi connectivity index (χ0v) is 11.5. The fraction of sp³-hybridized carbons (Fsp3) is 0.545. The summed E-state index contributed by atoms with van der Waals surface area (Å²) in [5.41, 5.74) is -0.694. The summed E-state index contributed by atoms with van der Waals surface area (Å²) in [6, 6.07) is -1.72. The molecule has 0 aliphatic rings. The lowest BCUT2D eigenvalue weighted by atomic mass is 10.1. The smallest absolute Gasteiger partial charge is 0.326 e. The van der Waals surface area contributed by atoms with Gasteiger partial charge in [0.05, 0.1) is 5.54 Å². The molecule has 0 saturated carbocycles. The zero-order valence-electron chi connectivity index (χ0n) is 10.7. The van der Waals surface area contributed by atoms with Crippen LogP contribution in [0.5, 0.6) is 0 Å². The van der Waals surface area contributed by atoms with Crippen molar-refractivity contribution in [2.24, 2.45) is 0 Å². The molecule has 106 valence electrons. The van der Waals surface area contributed by atoms with Gasteiger partial charge in [0, 0.05) is 24.6 Å². The van der Waals surface area contributed by atoms with Crippen LogP contribution < -0.4 is 10.6 Å². The molecule has 19 heavy (non-hydrogen) atoms. The predicted octanol–water partition coefficient (Wildman–Crippen LogP) is 0.513. The van der Waals surface area contributed by atoms with Crippen LogP contribution in [0, 0.1) is 0 Å². The van der Waals surface area contributed by atoms with Gasteiger partial charge in [-0.3, -0.25) is 0 Å². The first-order valence-corrected chi connectivity index (χ1v) is 6.57. The lowest BCUT2D eigenvalue weighted by molar-refractivity contribution is -0.139. The Kier molecular flexibility index (Phi) is 5.25. The number of aromatic nitrogens is 1. The number of rotatable bonds is 6. The SMILES string of the molecule is CC(C)(NC(=O)NC(CCO)C(=O)O)c1nccs1. The van der Waals surface area contributed by atoms with E-state index in [0.29, 0.717) is 0 Å². The zero-order chi connectivity index (χ0) is 14.5. The number of nitrogens with zero attached hydrogens (tertiary/aromatic N) is 1. The highest BCUT2D eigenvalue weighted by atomic mass is 32.1. The first kappa shape index (κ1) is 15.4. The summed E-state index contributed by atoms with van der Waals surface area (Å²) >= 11 is 1.40. The number of aliphatic hydroxyl groups is 1. The van der Waals surface area contributed by atoms with E-state index in [1.54, 1.807) is 25.4 Å². The van der Waals surface area contributed by atoms with Crippen LogP contribution in [0.15, 0.2) is 11.6 Å². The van der Waals surface area contributed by atoms with Crippen LogP contribution in [0.25, 0.3) is 0 Å². The van der Waals surface area contributed by atoms with Gasteiger partial charge in [0.2, 0.25) is 0 Å². The molecule has 0 fully saturated rings. The number of hydrogen-bond donors (Lipinski definition) is 4. The molecule has 4 N–H and O–H groups in total. The Labute approximate surface area is 114 Å². The van der Waals surface area contributed by atoms with E-state index in [-0.39, 0.29) is 13.0 Å². The monoisotopic (exact) mass is 287 g/mol. The van der Waals surface area contributed by atoms with Gasteiger partial charge in [0.25, 0.3) is 0 Å². The van der Waals surface area contributed by atoms with Crippen molar-refractivity contribution in [1.29, 1.82) is 0 Å². The molecule has 0 aromatic carbocycles. The van der Waals surface area contributed by atoms with Crippen LogP contribution in [0.2, 0.25) is 0 Å². The molecule has 7 nitrogen and oxygen atoms in total. The van der Waals surface area contributed by atoms with Gasteiger partial charge in [-0.15, -0.1) is 11.3 Å². The van der Waals surface area contributed by atoms with Gasteiger partial charge in [-0.2, -0.15) is 0 Å². The maximum absolute atomic E-state index is 11.8. The van der Waals surface area contributed by atoms with E-state index < -0.39 is 23.6 Å². The van der Waals surface area contributed by atoms with E-state index in [1.165, 1.54) is 11.3 Å². The molecular formula is C11H17N3O4S. The molecule has 0 bridgehead atoms. The van der Waals surface area contributed by atoms with Crippen molar-refractivity contribution < 1.29 is 19.8 Å². The minimum atomic E-state index is -1.18. The van der Waals surface area contributed by atoms with Gasteiger partial charge in [-0.05, 0) is 13.8 Å². The summed E-state index contributed by atoms with van der Waals surface area (Å²) in [6.07, 6.45) is 1.59. The van der Waals surface area contributed by atoms with Crippen LogP contribution in [0.1, 0.15) is 25.3 Å². The molecule has 0 radical (unpaired) electrons. The van der Waals surface area contributed by atoms with Crippen LogP contribution in [-0.4, -0.2) is 39.8 Å². The molecule has 0 saturated heterocycles. The van der Waals surface area contributed by atoms with Crippen LogP contribution in [-0.2, 0) is 10.3 Å². The number of carbonyl (C=O) groups excluding carboxylic acids is 1. The van der Waals surface area contributed by atoms with E-state index in [4.69, 9.17) is 10.2 Å². The minimum Gasteiger partial charge on any atom is -0.480 e. The van der Waals surface area contributed by atoms with Crippen molar-refractivity contribution in [2.45, 2.75) is 31.8 Å². The maximum Gasteiger partial charge on any atom is 0.326 e. The van der Waals surface area contributed by atoms with Crippen LogP contribution in [0.4, 0.5) is 4.79 Å². The van der Waals surface area contributed by atoms with Gasteiger partial charge in [-0.25, -0.2) is 14.6 Å². The number of urea groups is 1. The second-order valence-corrected chi connectivity index (χ2v) is 5.36. The Bertz CT molecular complexity index is 433. The number of nitrogens with one attached hydrogen (secondary N) is 2. The molecular weight excluding hydrogens is 270 g/mol. The van der Waals surface area contributed by atoms with Crippen molar-refractivity contribution in [3.05, 3.63) is 16.6 Å². The van der Waals surface area contributed by atoms with E-state index in [2.05, 4.69) is 15.6 Å². The fourth-order valence-corrected chi connectivity index (χ4v) is 2.17. The molecule has 2 amide bonds. The van der Waals surface area contributed by atoms with Crippen molar-refractivity contribution in [3.8, 4) is 0 Å². The molecule has 1 rings (SSSR count). The van der Waals surface area contributed by atoms with Crippen molar-refractivity contribution in [2.75, 3.05) is 6.61 Å². The third kappa shape index (κ3) is 4.49. The molecule has 8 heteroatoms. The Morgan fingerprint density at radius 2 is 2.21 bits per heavy atom. The summed E-state index contributed by atoms with van der Waals surface area (Å²) in [6.45, 7) is 3.23. The third-order valence-corrected chi connectivity index (χ3v) is 3.51. The normalized spacial score (nSPS) is 12.8. The highest BCUT2D eigenvalue weighted by Crippen LogP contribution is 2.21. The average molecular weight is 287 g/mol. The second-order valence-electron chi connectivity index (χ2n) is 4.46. The molecule has 1 aromatic rings. The summed E-state index contributed by atoms with van der Waals surface area (Å²) in [7, 11) is 0. The van der Waals surface area contributed by atoms with Crippen LogP contribution in [0.3, 0.4) is 0 Å². The van der Waals surface area contributed by atoms with Gasteiger partial charge in [0.1, 0.15) is 11.0 Å². The standard InChI is InChI=1S/C11H17N3O4S/c1-11(2,9-12-4-6-19-9)14-10(18)13-7(3-5-15)8(16)17/h4,6-7,15H,3,5H2,1-2H3,(H,16,17)(H2,13,14,18). The molecule has 1 atom stereocenters. The van der Waals surface area contributed by atoms with Gasteiger partial charge in [0.15, 0.2) is 0 Å².